The number of ether oxygens (including phenoxy) is 4. The Labute approximate surface area is 345 Å². The molecule has 3 atom stereocenters. The number of nitrogens with two attached hydrogens (primary N) is 3. The second-order valence-electron chi connectivity index (χ2n) is 11.6. The van der Waals surface area contributed by atoms with E-state index in [0.717, 1.165) is 21.6 Å². The van der Waals surface area contributed by atoms with Crippen molar-refractivity contribution in [1.29, 1.82) is 0 Å². The van der Waals surface area contributed by atoms with E-state index >= 15 is 0 Å². The molecule has 28 heteroatoms. The molecule has 0 radical (unpaired) electrons. The third-order valence-corrected chi connectivity index (χ3v) is 10.5. The van der Waals surface area contributed by atoms with Crippen molar-refractivity contribution in [3.05, 3.63) is 0 Å². The molecule has 1 heterocycles. The summed E-state index contributed by atoms with van der Waals surface area (Å²) in [6.07, 6.45) is 0. The molecule has 25 nitrogen and oxygen atoms in total. The van der Waals surface area contributed by atoms with Crippen LogP contribution in [0.5, 0.6) is 0 Å². The van der Waals surface area contributed by atoms with E-state index in [1.807, 2.05) is 0 Å². The predicted octanol–water partition coefficient (Wildman–Crippen LogP) is -7.55. The van der Waals surface area contributed by atoms with Crippen LogP contribution in [0, 0.1) is 0 Å². The zero-order valence-electron chi connectivity index (χ0n) is 31.6. The van der Waals surface area contributed by atoms with Gasteiger partial charge in [-0.15, -0.1) is 11.8 Å². The summed E-state index contributed by atoms with van der Waals surface area (Å²) in [5.74, 6) is -7.95. The van der Waals surface area contributed by atoms with Crippen molar-refractivity contribution in [3.8, 4) is 0 Å². The average Bonchev–Trinajstić information content (AvgIpc) is 3.17. The first-order chi connectivity index (χ1) is 27.6. The van der Waals surface area contributed by atoms with Gasteiger partial charge in [0.15, 0.2) is 10.2 Å². The number of primary amides is 2. The van der Waals surface area contributed by atoms with Crippen molar-refractivity contribution in [3.63, 3.8) is 0 Å². The van der Waals surface area contributed by atoms with E-state index < -0.39 is 102 Å². The van der Waals surface area contributed by atoms with Gasteiger partial charge in [0.1, 0.15) is 19.3 Å². The van der Waals surface area contributed by atoms with Crippen LogP contribution in [0.4, 0.5) is 0 Å². The molecule has 1 saturated heterocycles. The standard InChI is InChI=1S/C30H51N11O14S3/c1-30(56-17-25(48)35-3-5-53-7-9-54-8-6-52-4-2-34-24(47)15-55-14-20(33)43)29(51)40-28(27(50)37-11-19(32)42)58-57-16-18(39-21(44)10-31)26(49)38-12-22(45)36-13-23(46)41-30/h18,28H,2-17,31H2,1H3,(H2,32,42)(H2,33,43)(H,34,47)(H,35,48)(H,36,45)(H,37,50)(H,38,49)(H,39,44)(H,40,51)(H,41,46). The van der Waals surface area contributed by atoms with Crippen molar-refractivity contribution in [2.45, 2.75) is 23.2 Å². The van der Waals surface area contributed by atoms with Crippen LogP contribution in [0.15, 0.2) is 0 Å². The number of rotatable bonds is 24. The summed E-state index contributed by atoms with van der Waals surface area (Å²) in [4.78, 5) is 121. The van der Waals surface area contributed by atoms with Gasteiger partial charge in [-0.25, -0.2) is 0 Å². The third-order valence-electron chi connectivity index (χ3n) is 6.70. The Hall–Kier alpha value is -4.45. The van der Waals surface area contributed by atoms with Crippen LogP contribution in [0.3, 0.4) is 0 Å². The molecule has 3 unspecified atom stereocenters. The topological polar surface area (TPSA) is 382 Å². The Morgan fingerprint density at radius 1 is 0.776 bits per heavy atom. The number of thioether (sulfide) groups is 1. The Morgan fingerprint density at radius 3 is 1.98 bits per heavy atom. The zero-order valence-corrected chi connectivity index (χ0v) is 34.1. The molecule has 1 aliphatic heterocycles. The molecule has 1 aliphatic rings. The summed E-state index contributed by atoms with van der Waals surface area (Å²) in [7, 11) is 1.61. The number of nitrogens with one attached hydrogen (secondary N) is 8. The maximum atomic E-state index is 13.7. The maximum Gasteiger partial charge on any atom is 0.257 e. The number of carbonyl (C=O) groups excluding carboxylic acids is 10. The van der Waals surface area contributed by atoms with E-state index in [-0.39, 0.29) is 77.5 Å². The minimum atomic E-state index is -1.90. The largest absolute Gasteiger partial charge is 0.377 e. The van der Waals surface area contributed by atoms with E-state index in [1.54, 1.807) is 0 Å². The van der Waals surface area contributed by atoms with Gasteiger partial charge >= 0.3 is 0 Å². The Kier molecular flexibility index (Phi) is 26.4. The smallest absolute Gasteiger partial charge is 0.257 e. The van der Waals surface area contributed by atoms with E-state index in [2.05, 4.69) is 42.5 Å². The summed E-state index contributed by atoms with van der Waals surface area (Å²) in [6, 6.07) is -1.23. The first kappa shape index (κ1) is 51.6. The molecule has 1 fully saturated rings. The molecule has 0 saturated carbocycles. The van der Waals surface area contributed by atoms with Crippen LogP contribution in [-0.4, -0.2) is 179 Å². The first-order valence-corrected chi connectivity index (χ1v) is 20.7. The van der Waals surface area contributed by atoms with Crippen molar-refractivity contribution >= 4 is 92.4 Å². The van der Waals surface area contributed by atoms with Crippen LogP contribution in [-0.2, 0) is 66.9 Å². The van der Waals surface area contributed by atoms with Gasteiger partial charge in [-0.05, 0) is 6.92 Å². The highest BCUT2D eigenvalue weighted by atomic mass is 33.1. The van der Waals surface area contributed by atoms with E-state index in [0.29, 0.717) is 11.8 Å². The molecule has 0 aromatic rings. The Morgan fingerprint density at radius 2 is 1.38 bits per heavy atom. The monoisotopic (exact) mass is 885 g/mol. The molecular weight excluding hydrogens is 835 g/mol. The van der Waals surface area contributed by atoms with Crippen LogP contribution in [0.2, 0.25) is 0 Å². The molecule has 10 amide bonds. The van der Waals surface area contributed by atoms with Crippen molar-refractivity contribution in [2.75, 3.05) is 104 Å². The van der Waals surface area contributed by atoms with Gasteiger partial charge in [0.25, 0.3) is 11.8 Å². The highest BCUT2D eigenvalue weighted by Crippen LogP contribution is 2.29. The van der Waals surface area contributed by atoms with Gasteiger partial charge in [-0.3, -0.25) is 47.9 Å². The molecule has 0 spiro atoms. The molecule has 1 rings (SSSR count). The lowest BCUT2D eigenvalue weighted by atomic mass is 10.3. The second kappa shape index (κ2) is 29.7. The second-order valence-corrected chi connectivity index (χ2v) is 15.5. The third kappa shape index (κ3) is 24.4. The Balaban J connectivity index is 2.68. The van der Waals surface area contributed by atoms with Crippen LogP contribution >= 0.6 is 33.3 Å². The van der Waals surface area contributed by atoms with Gasteiger partial charge in [-0.1, -0.05) is 21.6 Å². The van der Waals surface area contributed by atoms with Crippen molar-refractivity contribution in [1.82, 2.24) is 42.5 Å². The van der Waals surface area contributed by atoms with Gasteiger partial charge < -0.3 is 78.7 Å². The SMILES string of the molecule is CC1(SCC(=O)NCCOCCOCCOCCNC(=O)COCC(N)=O)NC(=O)CNC(=O)CNC(=O)C(NC(=O)CN)CSSC(C(=O)NCC(N)=O)NC1=O. The van der Waals surface area contributed by atoms with E-state index in [4.69, 9.17) is 36.1 Å². The molecular formula is C30H51N11O14S3. The fraction of sp³-hybridized carbons (Fsp3) is 0.667. The Bertz CT molecular complexity index is 1430. The predicted molar refractivity (Wildman–Crippen MR) is 209 cm³/mol. The number of hydrogen-bond donors (Lipinski definition) is 11. The fourth-order valence-corrected chi connectivity index (χ4v) is 7.16. The van der Waals surface area contributed by atoms with Gasteiger partial charge in [0.05, 0.1) is 71.6 Å². The highest BCUT2D eigenvalue weighted by molar-refractivity contribution is 8.77. The number of amides is 10. The number of carbonyl (C=O) groups is 10. The molecule has 14 N–H and O–H groups in total. The summed E-state index contributed by atoms with van der Waals surface area (Å²) in [5, 5.41) is 17.9. The molecule has 328 valence electrons. The van der Waals surface area contributed by atoms with Gasteiger partial charge in [0, 0.05) is 18.8 Å². The zero-order chi connectivity index (χ0) is 43.3. The maximum absolute atomic E-state index is 13.7. The van der Waals surface area contributed by atoms with Crippen LogP contribution in [0.25, 0.3) is 0 Å². The van der Waals surface area contributed by atoms with Crippen LogP contribution < -0.4 is 59.7 Å². The minimum absolute atomic E-state index is 0.0856. The highest BCUT2D eigenvalue weighted by Gasteiger charge is 2.39. The van der Waals surface area contributed by atoms with Crippen molar-refractivity contribution < 1.29 is 66.9 Å². The van der Waals surface area contributed by atoms with Gasteiger partial charge in [-0.2, -0.15) is 0 Å². The van der Waals surface area contributed by atoms with Crippen LogP contribution in [0.1, 0.15) is 6.92 Å². The molecule has 0 aromatic heterocycles. The van der Waals surface area contributed by atoms with E-state index in [1.165, 1.54) is 6.92 Å². The summed E-state index contributed by atoms with van der Waals surface area (Å²) >= 11 is 0.698. The molecule has 0 aromatic carbocycles. The summed E-state index contributed by atoms with van der Waals surface area (Å²) in [5.41, 5.74) is 15.4. The molecule has 58 heavy (non-hydrogen) atoms. The summed E-state index contributed by atoms with van der Waals surface area (Å²) in [6.45, 7) is -0.0166. The normalized spacial score (nSPS) is 19.3. The molecule has 0 aliphatic carbocycles. The molecule has 0 bridgehead atoms. The van der Waals surface area contributed by atoms with Gasteiger partial charge in [0.2, 0.25) is 47.3 Å². The lowest BCUT2D eigenvalue weighted by molar-refractivity contribution is -0.132. The quantitative estimate of drug-likeness (QED) is 0.0317. The first-order valence-electron chi connectivity index (χ1n) is 17.3. The lowest BCUT2D eigenvalue weighted by Crippen LogP contribution is -2.60. The summed E-state index contributed by atoms with van der Waals surface area (Å²) < 4.78 is 20.9. The van der Waals surface area contributed by atoms with Crippen molar-refractivity contribution in [2.24, 2.45) is 17.2 Å². The minimum Gasteiger partial charge on any atom is -0.377 e. The fourth-order valence-electron chi connectivity index (χ4n) is 3.89. The lowest BCUT2D eigenvalue weighted by Gasteiger charge is -2.31. The average molecular weight is 886 g/mol. The number of hydrogen-bond acceptors (Lipinski definition) is 18. The van der Waals surface area contributed by atoms with E-state index in [9.17, 15) is 47.9 Å².